The third-order valence-corrected chi connectivity index (χ3v) is 4.57. The van der Waals surface area contributed by atoms with Crippen LogP contribution in [0.2, 0.25) is 0 Å². The average molecular weight is 323 g/mol. The van der Waals surface area contributed by atoms with Crippen LogP contribution < -0.4 is 0 Å². The van der Waals surface area contributed by atoms with E-state index in [9.17, 15) is 5.11 Å². The van der Waals surface area contributed by atoms with E-state index >= 15 is 0 Å². The van der Waals surface area contributed by atoms with Gasteiger partial charge in [0.15, 0.2) is 0 Å². The Morgan fingerprint density at radius 2 is 1.22 bits per heavy atom. The molecule has 1 unspecified atom stereocenters. The zero-order valence-electron chi connectivity index (χ0n) is 15.8. The summed E-state index contributed by atoms with van der Waals surface area (Å²) in [7, 11) is 0. The molecular formula is C22H42O. The Morgan fingerprint density at radius 3 is 1.74 bits per heavy atom. The quantitative estimate of drug-likeness (QED) is 0.206. The predicted molar refractivity (Wildman–Crippen MR) is 105 cm³/mol. The first kappa shape index (κ1) is 22.4. The molecule has 1 nitrogen and oxygen atoms in total. The third kappa shape index (κ3) is 19.4. The molecule has 0 rings (SSSR count). The first-order chi connectivity index (χ1) is 11.3. The molecule has 0 aromatic rings. The summed E-state index contributed by atoms with van der Waals surface area (Å²) < 4.78 is 0. The molecular weight excluding hydrogens is 280 g/mol. The van der Waals surface area contributed by atoms with E-state index in [1.807, 2.05) is 12.2 Å². The Labute approximate surface area is 146 Å². The van der Waals surface area contributed by atoms with Gasteiger partial charge in [-0.25, -0.2) is 0 Å². The van der Waals surface area contributed by atoms with E-state index in [2.05, 4.69) is 19.6 Å². The molecule has 0 heterocycles. The fraction of sp³-hybridized carbons (Fsp3) is 0.818. The van der Waals surface area contributed by atoms with Crippen LogP contribution in [0.5, 0.6) is 0 Å². The van der Waals surface area contributed by atoms with Gasteiger partial charge in [-0.15, -0.1) is 0 Å². The van der Waals surface area contributed by atoms with Crippen molar-refractivity contribution < 1.29 is 5.11 Å². The topological polar surface area (TPSA) is 20.2 Å². The standard InChI is InChI=1S/C22H42O/c1-3-5-7-9-11-12-13-15-17-19-21-22(23)20-18-16-14-10-8-6-4-2/h3,5,7,22-23H,1,4,6,8-21H2,2H3. The van der Waals surface area contributed by atoms with Crippen LogP contribution in [-0.2, 0) is 0 Å². The van der Waals surface area contributed by atoms with E-state index in [0.29, 0.717) is 0 Å². The number of rotatable bonds is 18. The van der Waals surface area contributed by atoms with Crippen molar-refractivity contribution in [1.29, 1.82) is 0 Å². The van der Waals surface area contributed by atoms with Crippen LogP contribution in [0.15, 0.2) is 24.8 Å². The molecule has 136 valence electrons. The number of allylic oxidation sites excluding steroid dienone is 3. The highest BCUT2D eigenvalue weighted by Gasteiger charge is 2.03. The fourth-order valence-corrected chi connectivity index (χ4v) is 3.02. The van der Waals surface area contributed by atoms with Crippen molar-refractivity contribution in [3.8, 4) is 0 Å². The molecule has 0 amide bonds. The Bertz CT molecular complexity index is 257. The minimum absolute atomic E-state index is 0.0466. The van der Waals surface area contributed by atoms with Gasteiger partial charge in [-0.3, -0.25) is 0 Å². The molecule has 0 aliphatic carbocycles. The van der Waals surface area contributed by atoms with Crippen LogP contribution in [0.3, 0.4) is 0 Å². The Morgan fingerprint density at radius 1 is 0.739 bits per heavy atom. The van der Waals surface area contributed by atoms with Gasteiger partial charge in [0.1, 0.15) is 0 Å². The van der Waals surface area contributed by atoms with Gasteiger partial charge in [-0.2, -0.15) is 0 Å². The molecule has 1 heteroatoms. The van der Waals surface area contributed by atoms with Gasteiger partial charge in [-0.1, -0.05) is 109 Å². The molecule has 0 aliphatic rings. The smallest absolute Gasteiger partial charge is 0.0540 e. The SMILES string of the molecule is C=CC=CCCCCCCCCC(O)CCCCCCCCC. The molecule has 0 spiro atoms. The maximum absolute atomic E-state index is 10.00. The van der Waals surface area contributed by atoms with Gasteiger partial charge < -0.3 is 5.11 Å². The van der Waals surface area contributed by atoms with Crippen molar-refractivity contribution in [3.05, 3.63) is 24.8 Å². The van der Waals surface area contributed by atoms with E-state index < -0.39 is 0 Å². The lowest BCUT2D eigenvalue weighted by Gasteiger charge is -2.10. The highest BCUT2D eigenvalue weighted by atomic mass is 16.3. The molecule has 0 saturated heterocycles. The molecule has 23 heavy (non-hydrogen) atoms. The summed E-state index contributed by atoms with van der Waals surface area (Å²) in [6, 6.07) is 0. The van der Waals surface area contributed by atoms with Crippen LogP contribution in [0, 0.1) is 0 Å². The molecule has 0 bridgehead atoms. The van der Waals surface area contributed by atoms with Crippen molar-refractivity contribution in [3.63, 3.8) is 0 Å². The van der Waals surface area contributed by atoms with Crippen LogP contribution in [0.1, 0.15) is 110 Å². The lowest BCUT2D eigenvalue weighted by molar-refractivity contribution is 0.147. The number of aliphatic hydroxyl groups is 1. The largest absolute Gasteiger partial charge is 0.393 e. The Hall–Kier alpha value is -0.560. The van der Waals surface area contributed by atoms with Crippen LogP contribution in [0.25, 0.3) is 0 Å². The first-order valence-electron chi connectivity index (χ1n) is 10.3. The van der Waals surface area contributed by atoms with Gasteiger partial charge in [0.2, 0.25) is 0 Å². The minimum atomic E-state index is -0.0466. The number of hydrogen-bond acceptors (Lipinski definition) is 1. The normalized spacial score (nSPS) is 12.8. The predicted octanol–water partition coefficient (Wildman–Crippen LogP) is 7.35. The summed E-state index contributed by atoms with van der Waals surface area (Å²) in [5, 5.41) is 10.00. The molecule has 0 fully saturated rings. The van der Waals surface area contributed by atoms with E-state index in [-0.39, 0.29) is 6.10 Å². The van der Waals surface area contributed by atoms with Crippen LogP contribution in [-0.4, -0.2) is 11.2 Å². The van der Waals surface area contributed by atoms with Crippen LogP contribution in [0.4, 0.5) is 0 Å². The molecule has 1 N–H and O–H groups in total. The average Bonchev–Trinajstić information content (AvgIpc) is 2.55. The number of unbranched alkanes of at least 4 members (excludes halogenated alkanes) is 12. The van der Waals surface area contributed by atoms with Crippen molar-refractivity contribution in [2.24, 2.45) is 0 Å². The van der Waals surface area contributed by atoms with E-state index in [1.54, 1.807) is 0 Å². The molecule has 0 aromatic heterocycles. The van der Waals surface area contributed by atoms with Gasteiger partial charge >= 0.3 is 0 Å². The molecule has 0 radical (unpaired) electrons. The highest BCUT2D eigenvalue weighted by molar-refractivity contribution is 4.96. The van der Waals surface area contributed by atoms with E-state index in [4.69, 9.17) is 0 Å². The van der Waals surface area contributed by atoms with Crippen LogP contribution >= 0.6 is 0 Å². The van der Waals surface area contributed by atoms with Gasteiger partial charge in [0.05, 0.1) is 6.10 Å². The first-order valence-corrected chi connectivity index (χ1v) is 10.3. The zero-order chi connectivity index (χ0) is 17.0. The van der Waals surface area contributed by atoms with Crippen molar-refractivity contribution in [2.75, 3.05) is 0 Å². The molecule has 0 aromatic carbocycles. The summed E-state index contributed by atoms with van der Waals surface area (Å²) in [5.41, 5.74) is 0. The monoisotopic (exact) mass is 322 g/mol. The number of aliphatic hydroxyl groups excluding tert-OH is 1. The summed E-state index contributed by atoms with van der Waals surface area (Å²) in [6.45, 7) is 5.94. The summed E-state index contributed by atoms with van der Waals surface area (Å²) in [5.74, 6) is 0. The Kier molecular flexibility index (Phi) is 19.0. The third-order valence-electron chi connectivity index (χ3n) is 4.57. The lowest BCUT2D eigenvalue weighted by Crippen LogP contribution is -2.05. The maximum atomic E-state index is 10.00. The summed E-state index contributed by atoms with van der Waals surface area (Å²) in [6.07, 6.45) is 26.4. The fourth-order valence-electron chi connectivity index (χ4n) is 3.02. The second kappa shape index (κ2) is 19.5. The minimum Gasteiger partial charge on any atom is -0.393 e. The van der Waals surface area contributed by atoms with Gasteiger partial charge in [0.25, 0.3) is 0 Å². The van der Waals surface area contributed by atoms with Gasteiger partial charge in [-0.05, 0) is 25.7 Å². The van der Waals surface area contributed by atoms with E-state index in [1.165, 1.54) is 89.9 Å². The maximum Gasteiger partial charge on any atom is 0.0540 e. The summed E-state index contributed by atoms with van der Waals surface area (Å²) >= 11 is 0. The lowest BCUT2D eigenvalue weighted by atomic mass is 10.0. The van der Waals surface area contributed by atoms with E-state index in [0.717, 1.165) is 12.8 Å². The Balaban J connectivity index is 3.16. The van der Waals surface area contributed by atoms with Gasteiger partial charge in [0, 0.05) is 0 Å². The van der Waals surface area contributed by atoms with Crippen molar-refractivity contribution in [1.82, 2.24) is 0 Å². The second-order valence-electron chi connectivity index (χ2n) is 6.93. The van der Waals surface area contributed by atoms with Crippen molar-refractivity contribution in [2.45, 2.75) is 116 Å². The molecule has 0 aliphatic heterocycles. The molecule has 1 atom stereocenters. The number of hydrogen-bond donors (Lipinski definition) is 1. The highest BCUT2D eigenvalue weighted by Crippen LogP contribution is 2.14. The van der Waals surface area contributed by atoms with Crippen molar-refractivity contribution >= 4 is 0 Å². The summed E-state index contributed by atoms with van der Waals surface area (Å²) in [4.78, 5) is 0. The zero-order valence-corrected chi connectivity index (χ0v) is 15.8. The second-order valence-corrected chi connectivity index (χ2v) is 6.93. The molecule has 0 saturated carbocycles.